The van der Waals surface area contributed by atoms with E-state index in [-0.39, 0.29) is 31.3 Å². The molecule has 0 radical (unpaired) electrons. The van der Waals surface area contributed by atoms with Crippen LogP contribution in [0.2, 0.25) is 5.02 Å². The van der Waals surface area contributed by atoms with Crippen LogP contribution in [0.25, 0.3) is 0 Å². The molecule has 1 unspecified atom stereocenters. The molecule has 9 heteroatoms. The largest absolute Gasteiger partial charge is 0.350 e. The maximum atomic E-state index is 13.4. The maximum absolute atomic E-state index is 13.4. The predicted molar refractivity (Wildman–Crippen MR) is 147 cm³/mol. The van der Waals surface area contributed by atoms with Gasteiger partial charge in [0.15, 0.2) is 0 Å². The van der Waals surface area contributed by atoms with Gasteiger partial charge in [0.2, 0.25) is 21.8 Å². The molecule has 7 nitrogen and oxygen atoms in total. The van der Waals surface area contributed by atoms with Crippen molar-refractivity contribution in [1.82, 2.24) is 10.2 Å². The standard InChI is InChI=1S/C27H38ClN3O4S/c1-19-10-11-20(2)24(17-19)31(36(7,34)35)16-8-9-25(32)30(18-22-12-14-23(28)15-13-22)21(3)26(33)29-27(4,5)6/h10-15,17,21H,8-9,16,18H2,1-7H3,(H,29,33). The molecule has 0 saturated carbocycles. The molecule has 0 bridgehead atoms. The molecule has 0 saturated heterocycles. The van der Waals surface area contributed by atoms with Gasteiger partial charge >= 0.3 is 0 Å². The first-order chi connectivity index (χ1) is 16.6. The molecule has 0 aliphatic heterocycles. The van der Waals surface area contributed by atoms with Crippen molar-refractivity contribution in [2.45, 2.75) is 72.5 Å². The third-order valence-corrected chi connectivity index (χ3v) is 7.15. The first-order valence-electron chi connectivity index (χ1n) is 12.0. The van der Waals surface area contributed by atoms with Crippen LogP contribution < -0.4 is 9.62 Å². The minimum absolute atomic E-state index is 0.0949. The molecule has 0 spiro atoms. The Morgan fingerprint density at radius 3 is 2.22 bits per heavy atom. The van der Waals surface area contributed by atoms with Gasteiger partial charge in [-0.15, -0.1) is 0 Å². The predicted octanol–water partition coefficient (Wildman–Crippen LogP) is 4.84. The van der Waals surface area contributed by atoms with Gasteiger partial charge in [0.25, 0.3) is 0 Å². The highest BCUT2D eigenvalue weighted by Gasteiger charge is 2.28. The van der Waals surface area contributed by atoms with Crippen molar-refractivity contribution in [3.8, 4) is 0 Å². The van der Waals surface area contributed by atoms with Crippen LogP contribution in [0.15, 0.2) is 42.5 Å². The highest BCUT2D eigenvalue weighted by Crippen LogP contribution is 2.25. The molecule has 0 aliphatic rings. The van der Waals surface area contributed by atoms with Gasteiger partial charge in [-0.05, 0) is 82.9 Å². The Balaban J connectivity index is 2.22. The van der Waals surface area contributed by atoms with Crippen molar-refractivity contribution in [1.29, 1.82) is 0 Å². The van der Waals surface area contributed by atoms with E-state index in [1.54, 1.807) is 19.1 Å². The van der Waals surface area contributed by atoms with E-state index in [0.717, 1.165) is 16.7 Å². The third-order valence-electron chi connectivity index (χ3n) is 5.72. The van der Waals surface area contributed by atoms with Crippen molar-refractivity contribution in [2.75, 3.05) is 17.1 Å². The lowest BCUT2D eigenvalue weighted by molar-refractivity contribution is -0.141. The van der Waals surface area contributed by atoms with Gasteiger partial charge in [0.05, 0.1) is 11.9 Å². The number of anilines is 1. The summed E-state index contributed by atoms with van der Waals surface area (Å²) in [6.45, 7) is 11.5. The van der Waals surface area contributed by atoms with Gasteiger partial charge in [0, 0.05) is 30.1 Å². The number of rotatable bonds is 10. The van der Waals surface area contributed by atoms with Crippen molar-refractivity contribution in [3.05, 3.63) is 64.2 Å². The second-order valence-electron chi connectivity index (χ2n) is 10.3. The van der Waals surface area contributed by atoms with Crippen LogP contribution in [0.5, 0.6) is 0 Å². The highest BCUT2D eigenvalue weighted by molar-refractivity contribution is 7.92. The summed E-state index contributed by atoms with van der Waals surface area (Å²) >= 11 is 6.00. The lowest BCUT2D eigenvalue weighted by Crippen LogP contribution is -2.52. The first-order valence-corrected chi connectivity index (χ1v) is 14.2. The Hall–Kier alpha value is -2.58. The Labute approximate surface area is 220 Å². The van der Waals surface area contributed by atoms with Gasteiger partial charge in [-0.1, -0.05) is 35.9 Å². The molecular formula is C27H38ClN3O4S. The summed E-state index contributed by atoms with van der Waals surface area (Å²) in [5, 5.41) is 3.52. The number of nitrogens with zero attached hydrogens (tertiary/aromatic N) is 2. The average molecular weight is 536 g/mol. The second kappa shape index (κ2) is 12.1. The van der Waals surface area contributed by atoms with E-state index in [1.165, 1.54) is 15.5 Å². The SMILES string of the molecule is Cc1ccc(C)c(N(CCCC(=O)N(Cc2ccc(Cl)cc2)C(C)C(=O)NC(C)(C)C)S(C)(=O)=O)c1. The number of carbonyl (C=O) groups is 2. The summed E-state index contributed by atoms with van der Waals surface area (Å²) in [5.41, 5.74) is 2.81. The normalized spacial score (nSPS) is 12.7. The van der Waals surface area contributed by atoms with Gasteiger partial charge in [-0.2, -0.15) is 0 Å². The summed E-state index contributed by atoms with van der Waals surface area (Å²) in [6.07, 6.45) is 1.57. The molecule has 2 aromatic carbocycles. The van der Waals surface area contributed by atoms with Crippen LogP contribution in [0.3, 0.4) is 0 Å². The van der Waals surface area contributed by atoms with Crippen molar-refractivity contribution < 1.29 is 18.0 Å². The quantitative estimate of drug-likeness (QED) is 0.472. The average Bonchev–Trinajstić information content (AvgIpc) is 2.75. The number of aryl methyl sites for hydroxylation is 2. The molecule has 1 atom stereocenters. The molecule has 0 aromatic heterocycles. The number of sulfonamides is 1. The number of hydrogen-bond donors (Lipinski definition) is 1. The number of benzene rings is 2. The monoisotopic (exact) mass is 535 g/mol. The molecule has 2 rings (SSSR count). The van der Waals surface area contributed by atoms with Gasteiger partial charge < -0.3 is 10.2 Å². The smallest absolute Gasteiger partial charge is 0.242 e. The number of hydrogen-bond acceptors (Lipinski definition) is 4. The third kappa shape index (κ3) is 8.82. The highest BCUT2D eigenvalue weighted by atomic mass is 35.5. The zero-order valence-electron chi connectivity index (χ0n) is 22.3. The number of halogens is 1. The van der Waals surface area contributed by atoms with Crippen LogP contribution in [-0.4, -0.2) is 49.5 Å². The zero-order chi connectivity index (χ0) is 27.3. The molecular weight excluding hydrogens is 498 g/mol. The number of amides is 2. The minimum Gasteiger partial charge on any atom is -0.350 e. The topological polar surface area (TPSA) is 86.8 Å². The molecule has 2 aromatic rings. The van der Waals surface area contributed by atoms with Gasteiger partial charge in [-0.25, -0.2) is 8.42 Å². The Morgan fingerprint density at radius 1 is 1.06 bits per heavy atom. The molecule has 198 valence electrons. The van der Waals surface area contributed by atoms with E-state index in [4.69, 9.17) is 11.6 Å². The summed E-state index contributed by atoms with van der Waals surface area (Å²) in [7, 11) is -3.55. The zero-order valence-corrected chi connectivity index (χ0v) is 23.8. The van der Waals surface area contributed by atoms with Crippen molar-refractivity contribution >= 4 is 39.1 Å². The fourth-order valence-electron chi connectivity index (χ4n) is 3.81. The minimum atomic E-state index is -3.55. The summed E-state index contributed by atoms with van der Waals surface area (Å²) < 4.78 is 26.5. The molecule has 2 amide bonds. The fraction of sp³-hybridized carbons (Fsp3) is 0.481. The fourth-order valence-corrected chi connectivity index (χ4v) is 4.95. The lowest BCUT2D eigenvalue weighted by Gasteiger charge is -2.32. The molecule has 0 aliphatic carbocycles. The van der Waals surface area contributed by atoms with E-state index in [2.05, 4.69) is 5.32 Å². The van der Waals surface area contributed by atoms with E-state index < -0.39 is 21.6 Å². The van der Waals surface area contributed by atoms with E-state index >= 15 is 0 Å². The lowest BCUT2D eigenvalue weighted by atomic mass is 10.1. The molecule has 0 heterocycles. The van der Waals surface area contributed by atoms with Crippen molar-refractivity contribution in [3.63, 3.8) is 0 Å². The Morgan fingerprint density at radius 2 is 1.67 bits per heavy atom. The first kappa shape index (κ1) is 29.6. The number of nitrogens with one attached hydrogen (secondary N) is 1. The van der Waals surface area contributed by atoms with E-state index in [9.17, 15) is 18.0 Å². The van der Waals surface area contributed by atoms with Gasteiger partial charge in [0.1, 0.15) is 6.04 Å². The summed E-state index contributed by atoms with van der Waals surface area (Å²) in [4.78, 5) is 27.8. The van der Waals surface area contributed by atoms with Gasteiger partial charge in [-0.3, -0.25) is 13.9 Å². The van der Waals surface area contributed by atoms with Crippen LogP contribution in [0.1, 0.15) is 57.2 Å². The molecule has 0 fully saturated rings. The molecule has 36 heavy (non-hydrogen) atoms. The van der Waals surface area contributed by atoms with Crippen molar-refractivity contribution in [2.24, 2.45) is 0 Å². The van der Waals surface area contributed by atoms with E-state index in [1.807, 2.05) is 65.0 Å². The van der Waals surface area contributed by atoms with Crippen LogP contribution in [0, 0.1) is 13.8 Å². The molecule has 1 N–H and O–H groups in total. The summed E-state index contributed by atoms with van der Waals surface area (Å²) in [5.74, 6) is -0.478. The van der Waals surface area contributed by atoms with Crippen LogP contribution in [0.4, 0.5) is 5.69 Å². The van der Waals surface area contributed by atoms with Crippen LogP contribution in [-0.2, 0) is 26.2 Å². The maximum Gasteiger partial charge on any atom is 0.242 e. The summed E-state index contributed by atoms with van der Waals surface area (Å²) in [6, 6.07) is 12.1. The Kier molecular flexibility index (Phi) is 9.97. The number of carbonyl (C=O) groups excluding carboxylic acids is 2. The van der Waals surface area contributed by atoms with Crippen LogP contribution >= 0.6 is 11.6 Å². The van der Waals surface area contributed by atoms with E-state index in [0.29, 0.717) is 17.1 Å². The Bertz CT molecular complexity index is 1170. The second-order valence-corrected chi connectivity index (χ2v) is 12.6.